The van der Waals surface area contributed by atoms with E-state index in [1.807, 2.05) is 18.2 Å². The molecule has 22 nitrogen and oxygen atoms in total. The van der Waals surface area contributed by atoms with Gasteiger partial charge in [0.1, 0.15) is 60.9 Å². The molecule has 1 saturated heterocycles. The second kappa shape index (κ2) is 24.5. The molecule has 76 heavy (non-hydrogen) atoms. The largest absolute Gasteiger partial charge is 0.507 e. The maximum Gasteiger partial charge on any atom is 0.408 e. The highest BCUT2D eigenvalue weighted by atomic mass is 16.7. The Bertz CT molecular complexity index is 2830. The van der Waals surface area contributed by atoms with Crippen LogP contribution < -0.4 is 31.7 Å². The number of aliphatic hydroxyl groups is 3. The van der Waals surface area contributed by atoms with Crippen molar-refractivity contribution >= 4 is 47.0 Å². The van der Waals surface area contributed by atoms with Crippen LogP contribution in [0.15, 0.2) is 72.8 Å². The minimum Gasteiger partial charge on any atom is -0.507 e. The van der Waals surface area contributed by atoms with Gasteiger partial charge in [-0.3, -0.25) is 24.0 Å². The summed E-state index contributed by atoms with van der Waals surface area (Å²) in [4.78, 5) is 94.0. The average Bonchev–Trinajstić information content (AvgIpc) is 3.48. The van der Waals surface area contributed by atoms with E-state index in [1.165, 1.54) is 32.2 Å². The van der Waals surface area contributed by atoms with Crippen LogP contribution in [0.4, 0.5) is 15.3 Å². The van der Waals surface area contributed by atoms with Gasteiger partial charge in [0, 0.05) is 41.6 Å². The van der Waals surface area contributed by atoms with E-state index < -0.39 is 132 Å². The molecule has 0 bridgehead atoms. The van der Waals surface area contributed by atoms with Crippen molar-refractivity contribution in [2.24, 2.45) is 11.7 Å². The lowest BCUT2D eigenvalue weighted by Gasteiger charge is -2.42. The van der Waals surface area contributed by atoms with E-state index in [1.54, 1.807) is 50.2 Å². The fourth-order valence-electron chi connectivity index (χ4n) is 9.56. The summed E-state index contributed by atoms with van der Waals surface area (Å²) in [6.45, 7) is 3.97. The van der Waals surface area contributed by atoms with Gasteiger partial charge in [-0.2, -0.15) is 0 Å². The van der Waals surface area contributed by atoms with Crippen LogP contribution in [0.1, 0.15) is 113 Å². The second-order valence-electron chi connectivity index (χ2n) is 19.3. The number of phenolic OH excluding ortho intramolecular Hbond substituents is 2. The molecular weight excluding hydrogens is 991 g/mol. The zero-order chi connectivity index (χ0) is 55.0. The lowest BCUT2D eigenvalue weighted by Crippen LogP contribution is -2.56. The molecule has 0 radical (unpaired) electrons. The third kappa shape index (κ3) is 12.4. The number of fused-ring (bicyclic) bond motifs is 3. The van der Waals surface area contributed by atoms with Gasteiger partial charge in [-0.25, -0.2) is 9.59 Å². The Hall–Kier alpha value is -7.47. The monoisotopic (exact) mass is 1050 g/mol. The molecule has 22 heteroatoms. The summed E-state index contributed by atoms with van der Waals surface area (Å²) in [5.41, 5.74) is 2.99. The number of rotatable bonds is 20. The van der Waals surface area contributed by atoms with E-state index in [2.05, 4.69) is 21.3 Å². The number of phenols is 2. The first kappa shape index (κ1) is 56.3. The van der Waals surface area contributed by atoms with Gasteiger partial charge < -0.3 is 76.2 Å². The number of nitrogens with two attached hydrogens (primary N) is 1. The van der Waals surface area contributed by atoms with Gasteiger partial charge in [0.2, 0.25) is 17.6 Å². The van der Waals surface area contributed by atoms with E-state index in [0.29, 0.717) is 30.6 Å². The normalized spacial score (nSPS) is 21.5. The zero-order valence-corrected chi connectivity index (χ0v) is 42.3. The zero-order valence-electron chi connectivity index (χ0n) is 42.3. The van der Waals surface area contributed by atoms with Gasteiger partial charge in [-0.15, -0.1) is 0 Å². The third-order valence-corrected chi connectivity index (χ3v) is 13.7. The number of nitrogens with one attached hydrogen (secondary N) is 4. The van der Waals surface area contributed by atoms with Crippen LogP contribution in [-0.2, 0) is 53.0 Å². The number of carbonyl (C=O) groups excluding carboxylic acids is 7. The number of ketones is 3. The van der Waals surface area contributed by atoms with Gasteiger partial charge in [0.15, 0.2) is 17.9 Å². The molecule has 0 spiro atoms. The quantitative estimate of drug-likeness (QED) is 0.0394. The van der Waals surface area contributed by atoms with Crippen LogP contribution in [0, 0.1) is 5.92 Å². The summed E-state index contributed by atoms with van der Waals surface area (Å²) in [5, 5.41) is 66.9. The van der Waals surface area contributed by atoms with Crippen molar-refractivity contribution in [3.63, 3.8) is 0 Å². The molecule has 7 rings (SSSR count). The summed E-state index contributed by atoms with van der Waals surface area (Å²) in [5.74, 6) is -5.75. The molecular formula is C54H63N5O17. The van der Waals surface area contributed by atoms with Gasteiger partial charge in [0.25, 0.3) is 0 Å². The average molecular weight is 1050 g/mol. The van der Waals surface area contributed by atoms with E-state index in [9.17, 15) is 59.1 Å². The Morgan fingerprint density at radius 2 is 1.50 bits per heavy atom. The predicted octanol–water partition coefficient (Wildman–Crippen LogP) is 3.47. The number of hydrogen-bond donors (Lipinski definition) is 10. The number of aromatic hydroxyl groups is 2. The molecule has 11 N–H and O–H groups in total. The van der Waals surface area contributed by atoms with E-state index in [0.717, 1.165) is 5.56 Å². The van der Waals surface area contributed by atoms with Crippen LogP contribution in [0.5, 0.6) is 17.2 Å². The minimum absolute atomic E-state index is 0.0000792. The number of carbonyl (C=O) groups is 7. The molecule has 8 atom stereocenters. The highest BCUT2D eigenvalue weighted by Gasteiger charge is 2.50. The molecule has 2 aliphatic carbocycles. The Balaban J connectivity index is 0.983. The number of benzene rings is 4. The summed E-state index contributed by atoms with van der Waals surface area (Å²) < 4.78 is 28.3. The molecule has 1 aliphatic heterocycles. The fourth-order valence-corrected chi connectivity index (χ4v) is 9.56. The first-order valence-electron chi connectivity index (χ1n) is 24.8. The first-order chi connectivity index (χ1) is 36.3. The van der Waals surface area contributed by atoms with Crippen molar-refractivity contribution in [2.45, 2.75) is 121 Å². The molecule has 4 aromatic carbocycles. The number of anilines is 1. The number of ether oxygens (including phenoxy) is 5. The van der Waals surface area contributed by atoms with Crippen molar-refractivity contribution in [3.05, 3.63) is 117 Å². The first-order valence-corrected chi connectivity index (χ1v) is 24.8. The van der Waals surface area contributed by atoms with Crippen LogP contribution >= 0.6 is 0 Å². The topological polar surface area (TPSA) is 341 Å². The van der Waals surface area contributed by atoms with Crippen LogP contribution in [0.2, 0.25) is 0 Å². The summed E-state index contributed by atoms with van der Waals surface area (Å²) in [7, 11) is 1.29. The maximum absolute atomic E-state index is 14.1. The van der Waals surface area contributed by atoms with Crippen molar-refractivity contribution in [2.75, 3.05) is 25.6 Å². The van der Waals surface area contributed by atoms with E-state index in [-0.39, 0.29) is 60.0 Å². The molecule has 4 unspecified atom stereocenters. The molecule has 3 aliphatic rings. The Morgan fingerprint density at radius 3 is 2.16 bits per heavy atom. The van der Waals surface area contributed by atoms with Crippen molar-refractivity contribution in [1.29, 1.82) is 0 Å². The lowest BCUT2D eigenvalue weighted by atomic mass is 9.72. The molecule has 1 fully saturated rings. The van der Waals surface area contributed by atoms with Crippen LogP contribution in [0.25, 0.3) is 0 Å². The standard InChI is InChI=1S/C54H63N5O17/c1-27(2)44(59-53(70)74-25-29-11-6-5-7-12-29)51(68)57-34(14-8-9-20-55)50(67)56-31-18-16-30(17-19-31)26-73-52(69)58-35-21-39(75-28(3)45(35)62)76-37-23-54(71,38(61)24-60)22-33-41(37)49(66)43-42(47(33)64)46(63)32-13-10-15-36(72-4)40(32)48(43)65/h5-7,10-13,15-19,27-28,34-35,37,39,44-45,60,62,64,66,71H,8-9,14,20-26,55H2,1-4H3,(H,56,67)(H,57,68)(H,58,69)(H,59,70)/t28?,34-,35?,37-,39?,44-,45?,54-/m0/s1. The molecule has 0 saturated carbocycles. The van der Waals surface area contributed by atoms with Gasteiger partial charge >= 0.3 is 12.2 Å². The molecule has 4 aromatic rings. The number of methoxy groups -OCH3 is 1. The predicted molar refractivity (Wildman–Crippen MR) is 269 cm³/mol. The highest BCUT2D eigenvalue weighted by molar-refractivity contribution is 6.31. The summed E-state index contributed by atoms with van der Waals surface area (Å²) >= 11 is 0. The summed E-state index contributed by atoms with van der Waals surface area (Å²) in [6, 6.07) is 16.5. The van der Waals surface area contributed by atoms with Crippen LogP contribution in [0.3, 0.4) is 0 Å². The number of amides is 4. The van der Waals surface area contributed by atoms with Crippen LogP contribution in [-0.4, -0.2) is 129 Å². The molecule has 1 heterocycles. The Morgan fingerprint density at radius 1 is 0.829 bits per heavy atom. The fraction of sp³-hybridized carbons (Fsp3) is 0.426. The number of Topliss-reactive ketones (excluding diaryl/α,β-unsaturated/α-hetero) is 1. The third-order valence-electron chi connectivity index (χ3n) is 13.7. The highest BCUT2D eigenvalue weighted by Crippen LogP contribution is 2.52. The second-order valence-corrected chi connectivity index (χ2v) is 19.3. The SMILES string of the molecule is COc1cccc2c1C(=O)c1c(O)c3c(c(O)c1C2=O)C[C@@](O)(C(=O)CO)C[C@@H]3OC1CC(NC(=O)OCc2ccc(NC(=O)[C@H](CCCCN)NC(=O)[C@@H](NC(=O)OCc3ccccc3)C(C)C)cc2)C(O)C(C)O1. The Kier molecular flexibility index (Phi) is 18.1. The Labute approximate surface area is 437 Å². The summed E-state index contributed by atoms with van der Waals surface area (Å²) in [6.07, 6.45) is -7.17. The maximum atomic E-state index is 14.1. The molecule has 0 aromatic heterocycles. The number of aliphatic hydroxyl groups excluding tert-OH is 2. The minimum atomic E-state index is -2.40. The van der Waals surface area contributed by atoms with Gasteiger partial charge in [-0.1, -0.05) is 68.4 Å². The number of unbranched alkanes of at least 4 members (excludes halogenated alkanes) is 1. The van der Waals surface area contributed by atoms with Crippen molar-refractivity contribution in [3.8, 4) is 17.2 Å². The molecule has 4 amide bonds. The van der Waals surface area contributed by atoms with E-state index in [4.69, 9.17) is 29.4 Å². The molecule has 406 valence electrons. The number of alkyl carbamates (subject to hydrolysis) is 2. The lowest BCUT2D eigenvalue weighted by molar-refractivity contribution is -0.249. The van der Waals surface area contributed by atoms with Crippen molar-refractivity contribution < 1.29 is 82.8 Å². The van der Waals surface area contributed by atoms with Crippen molar-refractivity contribution in [1.82, 2.24) is 16.0 Å². The smallest absolute Gasteiger partial charge is 0.408 e. The number of hydrogen-bond acceptors (Lipinski definition) is 18. The van der Waals surface area contributed by atoms with Gasteiger partial charge in [0.05, 0.1) is 42.0 Å². The van der Waals surface area contributed by atoms with Gasteiger partial charge in [-0.05, 0) is 68.0 Å². The van der Waals surface area contributed by atoms with E-state index >= 15 is 0 Å².